The number of para-hydroxylation sites is 1. The molecule has 0 aliphatic carbocycles. The topological polar surface area (TPSA) is 53.7 Å². The number of phenolic OH excluding ortho intramolecular Hbond substituents is 1. The number of amides is 1. The number of benzene rings is 2. The fraction of sp³-hybridized carbons (Fsp3) is 0.105. The number of phenols is 1. The first-order valence-electron chi connectivity index (χ1n) is 7.47. The van der Waals surface area contributed by atoms with Crippen molar-refractivity contribution in [2.45, 2.75) is 13.1 Å². The summed E-state index contributed by atoms with van der Waals surface area (Å²) in [7, 11) is 0. The first-order chi connectivity index (χ1) is 11.6. The molecule has 1 heterocycles. The minimum atomic E-state index is -0.106. The van der Waals surface area contributed by atoms with E-state index in [0.29, 0.717) is 30.0 Å². The first-order valence-corrected chi connectivity index (χ1v) is 8.55. The Labute approximate surface area is 153 Å². The monoisotopic (exact) mass is 433 g/mol. The van der Waals surface area contributed by atoms with Crippen LogP contribution in [0.5, 0.6) is 5.75 Å². The van der Waals surface area contributed by atoms with E-state index in [1.54, 1.807) is 29.4 Å². The number of carbonyl (C=O) groups excluding carboxylic acids is 1. The molecular formula is C19H16INO3. The van der Waals surface area contributed by atoms with Crippen molar-refractivity contribution in [1.82, 2.24) is 4.90 Å². The number of hydrogen-bond acceptors (Lipinski definition) is 3. The second-order valence-electron chi connectivity index (χ2n) is 5.38. The predicted molar refractivity (Wildman–Crippen MR) is 99.6 cm³/mol. The van der Waals surface area contributed by atoms with Gasteiger partial charge in [-0.1, -0.05) is 18.2 Å². The maximum atomic E-state index is 12.9. The van der Waals surface area contributed by atoms with Gasteiger partial charge in [0.25, 0.3) is 5.91 Å². The van der Waals surface area contributed by atoms with E-state index in [4.69, 9.17) is 4.42 Å². The van der Waals surface area contributed by atoms with E-state index in [1.165, 1.54) is 0 Å². The average Bonchev–Trinajstić information content (AvgIpc) is 3.09. The van der Waals surface area contributed by atoms with Gasteiger partial charge in [0.15, 0.2) is 0 Å². The molecule has 1 amide bonds. The Bertz CT molecular complexity index is 813. The number of furan rings is 1. The van der Waals surface area contributed by atoms with Crippen LogP contribution in [-0.4, -0.2) is 15.9 Å². The Morgan fingerprint density at radius 1 is 1.00 bits per heavy atom. The molecule has 0 radical (unpaired) electrons. The molecule has 0 unspecified atom stereocenters. The molecule has 0 fully saturated rings. The second kappa shape index (κ2) is 7.53. The highest BCUT2D eigenvalue weighted by molar-refractivity contribution is 14.1. The zero-order valence-electron chi connectivity index (χ0n) is 12.9. The van der Waals surface area contributed by atoms with Crippen LogP contribution in [0.3, 0.4) is 0 Å². The average molecular weight is 433 g/mol. The first kappa shape index (κ1) is 16.6. The number of nitrogens with zero attached hydrogens (tertiary/aromatic N) is 1. The molecule has 122 valence electrons. The number of carbonyl (C=O) groups is 1. The van der Waals surface area contributed by atoms with Crippen molar-refractivity contribution in [1.29, 1.82) is 0 Å². The molecule has 0 aliphatic rings. The normalized spacial score (nSPS) is 10.5. The smallest absolute Gasteiger partial charge is 0.254 e. The zero-order valence-corrected chi connectivity index (χ0v) is 15.0. The summed E-state index contributed by atoms with van der Waals surface area (Å²) in [5.74, 6) is 0.771. The Kier molecular flexibility index (Phi) is 5.20. The van der Waals surface area contributed by atoms with Crippen LogP contribution < -0.4 is 0 Å². The predicted octanol–water partition coefficient (Wildman–Crippen LogP) is 4.43. The van der Waals surface area contributed by atoms with E-state index in [2.05, 4.69) is 22.6 Å². The van der Waals surface area contributed by atoms with Crippen molar-refractivity contribution in [3.8, 4) is 5.75 Å². The molecule has 1 aromatic heterocycles. The summed E-state index contributed by atoms with van der Waals surface area (Å²) in [6, 6.07) is 18.1. The van der Waals surface area contributed by atoms with Crippen molar-refractivity contribution < 1.29 is 14.3 Å². The van der Waals surface area contributed by atoms with Crippen LogP contribution in [0, 0.1) is 3.57 Å². The van der Waals surface area contributed by atoms with Crippen LogP contribution >= 0.6 is 22.6 Å². The van der Waals surface area contributed by atoms with Gasteiger partial charge in [-0.05, 0) is 65.1 Å². The highest BCUT2D eigenvalue weighted by Gasteiger charge is 2.19. The quantitative estimate of drug-likeness (QED) is 0.606. The molecule has 0 saturated carbocycles. The lowest BCUT2D eigenvalue weighted by molar-refractivity contribution is 0.0716. The van der Waals surface area contributed by atoms with Crippen molar-refractivity contribution in [3.05, 3.63) is 87.4 Å². The summed E-state index contributed by atoms with van der Waals surface area (Å²) in [5, 5.41) is 10.0. The molecule has 0 bridgehead atoms. The van der Waals surface area contributed by atoms with E-state index >= 15 is 0 Å². The number of aromatic hydroxyl groups is 1. The lowest BCUT2D eigenvalue weighted by Gasteiger charge is -2.22. The summed E-state index contributed by atoms with van der Waals surface area (Å²) < 4.78 is 6.45. The van der Waals surface area contributed by atoms with Crippen molar-refractivity contribution in [2.75, 3.05) is 0 Å². The Morgan fingerprint density at radius 2 is 1.75 bits per heavy atom. The van der Waals surface area contributed by atoms with Crippen LogP contribution in [0.1, 0.15) is 21.7 Å². The van der Waals surface area contributed by atoms with Gasteiger partial charge < -0.3 is 14.4 Å². The van der Waals surface area contributed by atoms with E-state index in [0.717, 1.165) is 3.57 Å². The van der Waals surface area contributed by atoms with Crippen LogP contribution in [0.25, 0.3) is 0 Å². The van der Waals surface area contributed by atoms with Gasteiger partial charge in [-0.3, -0.25) is 4.79 Å². The van der Waals surface area contributed by atoms with E-state index < -0.39 is 0 Å². The van der Waals surface area contributed by atoms with Gasteiger partial charge in [-0.2, -0.15) is 0 Å². The van der Waals surface area contributed by atoms with Crippen LogP contribution in [0.4, 0.5) is 0 Å². The van der Waals surface area contributed by atoms with Gasteiger partial charge in [-0.15, -0.1) is 0 Å². The summed E-state index contributed by atoms with van der Waals surface area (Å²) >= 11 is 2.21. The molecule has 4 nitrogen and oxygen atoms in total. The highest BCUT2D eigenvalue weighted by Crippen LogP contribution is 2.21. The Balaban J connectivity index is 1.87. The molecule has 1 N–H and O–H groups in total. The molecule has 3 aromatic rings. The van der Waals surface area contributed by atoms with Crippen molar-refractivity contribution >= 4 is 28.5 Å². The third-order valence-corrected chi connectivity index (χ3v) is 4.38. The molecule has 24 heavy (non-hydrogen) atoms. The molecule has 0 aliphatic heterocycles. The molecule has 2 aromatic carbocycles. The Hall–Kier alpha value is -2.28. The second-order valence-corrected chi connectivity index (χ2v) is 6.62. The summed E-state index contributed by atoms with van der Waals surface area (Å²) in [4.78, 5) is 14.6. The third-order valence-electron chi connectivity index (χ3n) is 3.66. The number of hydrogen-bond donors (Lipinski definition) is 1. The number of rotatable bonds is 5. The van der Waals surface area contributed by atoms with Gasteiger partial charge in [0.2, 0.25) is 0 Å². The summed E-state index contributed by atoms with van der Waals surface area (Å²) in [5.41, 5.74) is 1.31. The fourth-order valence-corrected chi connectivity index (χ4v) is 2.77. The summed E-state index contributed by atoms with van der Waals surface area (Å²) in [6.45, 7) is 0.643. The van der Waals surface area contributed by atoms with Gasteiger partial charge >= 0.3 is 0 Å². The third kappa shape index (κ3) is 3.97. The molecule has 0 spiro atoms. The zero-order chi connectivity index (χ0) is 16.9. The van der Waals surface area contributed by atoms with Crippen molar-refractivity contribution in [3.63, 3.8) is 0 Å². The molecule has 0 saturated heterocycles. The standard InChI is InChI=1S/C19H16INO3/c20-16-9-7-14(8-10-16)19(23)21(13-17-5-3-11-24-17)12-15-4-1-2-6-18(15)22/h1-11,22H,12-13H2. The Morgan fingerprint density at radius 3 is 2.42 bits per heavy atom. The largest absolute Gasteiger partial charge is 0.508 e. The summed E-state index contributed by atoms with van der Waals surface area (Å²) in [6.07, 6.45) is 1.59. The van der Waals surface area contributed by atoms with Crippen molar-refractivity contribution in [2.24, 2.45) is 0 Å². The van der Waals surface area contributed by atoms with E-state index in [-0.39, 0.29) is 11.7 Å². The van der Waals surface area contributed by atoms with Gasteiger partial charge in [0.05, 0.1) is 19.4 Å². The van der Waals surface area contributed by atoms with Crippen LogP contribution in [-0.2, 0) is 13.1 Å². The van der Waals surface area contributed by atoms with Crippen LogP contribution in [0.15, 0.2) is 71.3 Å². The maximum absolute atomic E-state index is 12.9. The lowest BCUT2D eigenvalue weighted by atomic mass is 10.1. The maximum Gasteiger partial charge on any atom is 0.254 e. The molecular weight excluding hydrogens is 417 g/mol. The minimum absolute atomic E-state index is 0.106. The molecule has 5 heteroatoms. The fourth-order valence-electron chi connectivity index (χ4n) is 2.42. The van der Waals surface area contributed by atoms with Crippen LogP contribution in [0.2, 0.25) is 0 Å². The van der Waals surface area contributed by atoms with Gasteiger partial charge in [0.1, 0.15) is 11.5 Å². The molecule has 3 rings (SSSR count). The molecule has 0 atom stereocenters. The van der Waals surface area contributed by atoms with E-state index in [9.17, 15) is 9.90 Å². The van der Waals surface area contributed by atoms with Gasteiger partial charge in [0, 0.05) is 14.7 Å². The lowest BCUT2D eigenvalue weighted by Crippen LogP contribution is -2.30. The van der Waals surface area contributed by atoms with E-state index in [1.807, 2.05) is 42.5 Å². The number of halogens is 1. The highest BCUT2D eigenvalue weighted by atomic mass is 127. The SMILES string of the molecule is O=C(c1ccc(I)cc1)N(Cc1ccco1)Cc1ccccc1O. The van der Waals surface area contributed by atoms with Gasteiger partial charge in [-0.25, -0.2) is 0 Å². The minimum Gasteiger partial charge on any atom is -0.508 e.